The van der Waals surface area contributed by atoms with Crippen molar-refractivity contribution in [3.05, 3.63) is 76.6 Å². The molecule has 144 valence electrons. The number of rotatable bonds is 6. The van der Waals surface area contributed by atoms with E-state index in [0.29, 0.717) is 18.0 Å². The third-order valence-corrected chi connectivity index (χ3v) is 4.47. The fourth-order valence-corrected chi connectivity index (χ4v) is 3.07. The molecule has 0 fully saturated rings. The van der Waals surface area contributed by atoms with Gasteiger partial charge in [-0.1, -0.05) is 24.3 Å². The Morgan fingerprint density at radius 2 is 1.89 bits per heavy atom. The van der Waals surface area contributed by atoms with Gasteiger partial charge in [0.15, 0.2) is 0 Å². The van der Waals surface area contributed by atoms with E-state index < -0.39 is 0 Å². The number of benzene rings is 2. The van der Waals surface area contributed by atoms with E-state index in [1.54, 1.807) is 18.1 Å². The maximum atomic E-state index is 12.9. The number of hydrogen-bond acceptors (Lipinski definition) is 4. The third-order valence-electron chi connectivity index (χ3n) is 4.47. The average molecular weight is 377 g/mol. The van der Waals surface area contributed by atoms with Crippen molar-refractivity contribution in [1.82, 2.24) is 9.78 Å². The maximum Gasteiger partial charge on any atom is 0.267 e. The number of anilines is 1. The average Bonchev–Trinajstić information content (AvgIpc) is 2.70. The molecule has 0 N–H and O–H groups in total. The largest absolute Gasteiger partial charge is 0.496 e. The number of likely N-dealkylation sites (N-methyl/N-ethyl adjacent to an activating group) is 1. The van der Waals surface area contributed by atoms with Gasteiger partial charge in [0.05, 0.1) is 12.8 Å². The van der Waals surface area contributed by atoms with Crippen molar-refractivity contribution in [3.63, 3.8) is 0 Å². The Labute approximate surface area is 164 Å². The fourth-order valence-electron chi connectivity index (χ4n) is 3.07. The SMILES string of the molecule is CCN(C(=O)Cn1nc(-c2ccccc2OC)ccc1=O)c1cccc(C)c1. The van der Waals surface area contributed by atoms with Crippen LogP contribution in [0.5, 0.6) is 5.75 Å². The van der Waals surface area contributed by atoms with Crippen LogP contribution in [-0.4, -0.2) is 29.3 Å². The Morgan fingerprint density at radius 1 is 1.11 bits per heavy atom. The molecule has 0 aliphatic rings. The monoisotopic (exact) mass is 377 g/mol. The number of carbonyl (C=O) groups excluding carboxylic acids is 1. The Morgan fingerprint density at radius 3 is 2.61 bits per heavy atom. The highest BCUT2D eigenvalue weighted by atomic mass is 16.5. The first-order valence-electron chi connectivity index (χ1n) is 9.12. The molecule has 0 saturated heterocycles. The number of ether oxygens (including phenoxy) is 1. The van der Waals surface area contributed by atoms with Gasteiger partial charge in [0.1, 0.15) is 12.3 Å². The predicted molar refractivity (Wildman–Crippen MR) is 110 cm³/mol. The van der Waals surface area contributed by atoms with Gasteiger partial charge in [0.2, 0.25) is 5.91 Å². The molecule has 0 aliphatic heterocycles. The van der Waals surface area contributed by atoms with E-state index in [2.05, 4.69) is 5.10 Å². The fraction of sp³-hybridized carbons (Fsp3) is 0.227. The first-order chi connectivity index (χ1) is 13.5. The van der Waals surface area contributed by atoms with E-state index in [-0.39, 0.29) is 18.0 Å². The lowest BCUT2D eigenvalue weighted by Crippen LogP contribution is -2.37. The lowest BCUT2D eigenvalue weighted by Gasteiger charge is -2.21. The summed E-state index contributed by atoms with van der Waals surface area (Å²) in [5.41, 5.74) is 2.88. The number of aryl methyl sites for hydroxylation is 1. The van der Waals surface area contributed by atoms with Crippen LogP contribution in [0, 0.1) is 6.92 Å². The van der Waals surface area contributed by atoms with Crippen LogP contribution < -0.4 is 15.2 Å². The second-order valence-electron chi connectivity index (χ2n) is 6.39. The van der Waals surface area contributed by atoms with E-state index in [9.17, 15) is 9.59 Å². The van der Waals surface area contributed by atoms with Crippen molar-refractivity contribution in [3.8, 4) is 17.0 Å². The van der Waals surface area contributed by atoms with Gasteiger partial charge in [-0.2, -0.15) is 5.10 Å². The zero-order valence-corrected chi connectivity index (χ0v) is 16.3. The van der Waals surface area contributed by atoms with Gasteiger partial charge >= 0.3 is 0 Å². The molecular formula is C22H23N3O3. The molecule has 2 aromatic carbocycles. The maximum absolute atomic E-state index is 12.9. The molecular weight excluding hydrogens is 354 g/mol. The standard InChI is InChI=1S/C22H23N3O3/c1-4-24(17-9-7-8-16(2)14-17)22(27)15-25-21(26)13-12-19(23-25)18-10-5-6-11-20(18)28-3/h5-14H,4,15H2,1-3H3. The van der Waals surface area contributed by atoms with Crippen molar-refractivity contribution in [2.24, 2.45) is 0 Å². The molecule has 1 aromatic heterocycles. The van der Waals surface area contributed by atoms with Gasteiger partial charge in [0.25, 0.3) is 5.56 Å². The van der Waals surface area contributed by atoms with E-state index in [4.69, 9.17) is 4.74 Å². The van der Waals surface area contributed by atoms with Crippen molar-refractivity contribution in [2.45, 2.75) is 20.4 Å². The number of carbonyl (C=O) groups is 1. The number of amides is 1. The van der Waals surface area contributed by atoms with E-state index in [1.165, 1.54) is 10.7 Å². The van der Waals surface area contributed by atoms with E-state index in [1.807, 2.05) is 62.4 Å². The summed E-state index contributed by atoms with van der Waals surface area (Å²) < 4.78 is 6.57. The highest BCUT2D eigenvalue weighted by Gasteiger charge is 2.17. The van der Waals surface area contributed by atoms with Crippen LogP contribution in [0.1, 0.15) is 12.5 Å². The molecule has 0 radical (unpaired) electrons. The molecule has 6 heteroatoms. The smallest absolute Gasteiger partial charge is 0.267 e. The lowest BCUT2D eigenvalue weighted by molar-refractivity contribution is -0.119. The number of nitrogens with zero attached hydrogens (tertiary/aromatic N) is 3. The van der Waals surface area contributed by atoms with Crippen LogP contribution in [0.4, 0.5) is 5.69 Å². The number of methoxy groups -OCH3 is 1. The van der Waals surface area contributed by atoms with Crippen LogP contribution in [0.2, 0.25) is 0 Å². The first-order valence-corrected chi connectivity index (χ1v) is 9.12. The Hall–Kier alpha value is -3.41. The minimum absolute atomic E-state index is 0.135. The normalized spacial score (nSPS) is 10.5. The molecule has 0 unspecified atom stereocenters. The summed E-state index contributed by atoms with van der Waals surface area (Å²) in [6, 6.07) is 18.2. The van der Waals surface area contributed by atoms with Crippen LogP contribution in [0.3, 0.4) is 0 Å². The first kappa shape index (κ1) is 19.4. The molecule has 0 bridgehead atoms. The van der Waals surface area contributed by atoms with Crippen molar-refractivity contribution in [2.75, 3.05) is 18.6 Å². The van der Waals surface area contributed by atoms with Gasteiger partial charge in [-0.3, -0.25) is 9.59 Å². The minimum atomic E-state index is -0.327. The molecule has 1 heterocycles. The number of hydrogen-bond donors (Lipinski definition) is 0. The topological polar surface area (TPSA) is 64.4 Å². The van der Waals surface area contributed by atoms with Crippen LogP contribution >= 0.6 is 0 Å². The van der Waals surface area contributed by atoms with Crippen molar-refractivity contribution < 1.29 is 9.53 Å². The van der Waals surface area contributed by atoms with Gasteiger partial charge in [-0.05, 0) is 49.7 Å². The van der Waals surface area contributed by atoms with Gasteiger partial charge < -0.3 is 9.64 Å². The molecule has 0 spiro atoms. The Bertz CT molecular complexity index is 1040. The zero-order valence-electron chi connectivity index (χ0n) is 16.3. The predicted octanol–water partition coefficient (Wildman–Crippen LogP) is 3.28. The summed E-state index contributed by atoms with van der Waals surface area (Å²) in [5.74, 6) is 0.460. The van der Waals surface area contributed by atoms with Gasteiger partial charge in [0, 0.05) is 23.9 Å². The molecule has 0 saturated carbocycles. The minimum Gasteiger partial charge on any atom is -0.496 e. The summed E-state index contributed by atoms with van der Waals surface area (Å²) in [6.45, 7) is 4.25. The van der Waals surface area contributed by atoms with E-state index in [0.717, 1.165) is 16.8 Å². The molecule has 28 heavy (non-hydrogen) atoms. The quantitative estimate of drug-likeness (QED) is 0.661. The van der Waals surface area contributed by atoms with Gasteiger partial charge in [-0.25, -0.2) is 4.68 Å². The summed E-state index contributed by atoms with van der Waals surface area (Å²) in [6.07, 6.45) is 0. The van der Waals surface area contributed by atoms with Crippen LogP contribution in [0.25, 0.3) is 11.3 Å². The lowest BCUT2D eigenvalue weighted by atomic mass is 10.1. The molecule has 6 nitrogen and oxygen atoms in total. The summed E-state index contributed by atoms with van der Waals surface area (Å²) in [4.78, 5) is 26.8. The summed E-state index contributed by atoms with van der Waals surface area (Å²) >= 11 is 0. The number of para-hydroxylation sites is 1. The second kappa shape index (κ2) is 8.52. The molecule has 3 rings (SSSR count). The zero-order chi connectivity index (χ0) is 20.1. The third kappa shape index (κ3) is 4.11. The highest BCUT2D eigenvalue weighted by Crippen LogP contribution is 2.27. The van der Waals surface area contributed by atoms with E-state index >= 15 is 0 Å². The van der Waals surface area contributed by atoms with Gasteiger partial charge in [-0.15, -0.1) is 0 Å². The summed E-state index contributed by atoms with van der Waals surface area (Å²) in [5, 5.41) is 4.40. The molecule has 1 amide bonds. The highest BCUT2D eigenvalue weighted by molar-refractivity contribution is 5.93. The van der Waals surface area contributed by atoms with Crippen LogP contribution in [0.15, 0.2) is 65.5 Å². The number of aromatic nitrogens is 2. The molecule has 0 atom stereocenters. The molecule has 3 aromatic rings. The van der Waals surface area contributed by atoms with Crippen molar-refractivity contribution >= 4 is 11.6 Å². The Kier molecular flexibility index (Phi) is 5.89. The second-order valence-corrected chi connectivity index (χ2v) is 6.39. The Balaban J connectivity index is 1.91. The van der Waals surface area contributed by atoms with Crippen LogP contribution in [-0.2, 0) is 11.3 Å². The molecule has 0 aliphatic carbocycles. The summed E-state index contributed by atoms with van der Waals surface area (Å²) in [7, 11) is 1.58. The van der Waals surface area contributed by atoms with Crippen molar-refractivity contribution in [1.29, 1.82) is 0 Å².